The lowest BCUT2D eigenvalue weighted by atomic mass is 9.91. The Morgan fingerprint density at radius 2 is 1.70 bits per heavy atom. The van der Waals surface area contributed by atoms with Gasteiger partial charge >= 0.3 is 6.03 Å². The molecule has 6 nitrogen and oxygen atoms in total. The maximum absolute atomic E-state index is 12.7. The first-order valence-corrected chi connectivity index (χ1v) is 11.2. The maximum atomic E-state index is 12.7. The SMILES string of the molecule is COc1cc2c(cc1OC)[C@@H](CNC(=O)Nc1ccc(C)cc1)N(Cc1ccccc1)CC2. The van der Waals surface area contributed by atoms with Crippen molar-refractivity contribution in [3.63, 3.8) is 0 Å². The van der Waals surface area contributed by atoms with Crippen LogP contribution in [0.3, 0.4) is 0 Å². The van der Waals surface area contributed by atoms with Crippen LogP contribution < -0.4 is 20.1 Å². The van der Waals surface area contributed by atoms with Crippen molar-refractivity contribution in [2.45, 2.75) is 25.9 Å². The zero-order chi connectivity index (χ0) is 23.2. The van der Waals surface area contributed by atoms with E-state index in [1.54, 1.807) is 14.2 Å². The molecule has 1 heterocycles. The zero-order valence-corrected chi connectivity index (χ0v) is 19.4. The predicted octanol–water partition coefficient (Wildman–Crippen LogP) is 4.93. The number of amides is 2. The molecule has 1 atom stereocenters. The van der Waals surface area contributed by atoms with Gasteiger partial charge in [0.05, 0.1) is 20.3 Å². The van der Waals surface area contributed by atoms with Gasteiger partial charge in [-0.25, -0.2) is 4.79 Å². The minimum absolute atomic E-state index is 0.0116. The summed E-state index contributed by atoms with van der Waals surface area (Å²) in [5.41, 5.74) is 5.55. The van der Waals surface area contributed by atoms with Crippen LogP contribution in [0, 0.1) is 6.92 Å². The molecular weight excluding hydrogens is 414 g/mol. The monoisotopic (exact) mass is 445 g/mol. The number of hydrogen-bond acceptors (Lipinski definition) is 4. The largest absolute Gasteiger partial charge is 0.493 e. The summed E-state index contributed by atoms with van der Waals surface area (Å²) in [7, 11) is 3.31. The van der Waals surface area contributed by atoms with Gasteiger partial charge in [-0.15, -0.1) is 0 Å². The summed E-state index contributed by atoms with van der Waals surface area (Å²) in [5.74, 6) is 1.43. The van der Waals surface area contributed by atoms with Gasteiger partial charge in [0.25, 0.3) is 0 Å². The normalized spacial score (nSPS) is 15.4. The Morgan fingerprint density at radius 1 is 1.00 bits per heavy atom. The third-order valence-electron chi connectivity index (χ3n) is 6.11. The average molecular weight is 446 g/mol. The van der Waals surface area contributed by atoms with Crippen LogP contribution in [0.2, 0.25) is 0 Å². The van der Waals surface area contributed by atoms with E-state index < -0.39 is 0 Å². The lowest BCUT2D eigenvalue weighted by molar-refractivity contribution is 0.172. The van der Waals surface area contributed by atoms with E-state index in [9.17, 15) is 4.79 Å². The van der Waals surface area contributed by atoms with E-state index in [0.29, 0.717) is 12.3 Å². The Balaban J connectivity index is 1.55. The summed E-state index contributed by atoms with van der Waals surface area (Å²) in [6, 6.07) is 22.1. The molecule has 0 saturated carbocycles. The molecular formula is C27H31N3O3. The van der Waals surface area contributed by atoms with Crippen molar-refractivity contribution in [3.05, 3.63) is 89.0 Å². The molecule has 0 aliphatic carbocycles. The molecule has 0 fully saturated rings. The van der Waals surface area contributed by atoms with Crippen molar-refractivity contribution in [1.82, 2.24) is 10.2 Å². The summed E-state index contributed by atoms with van der Waals surface area (Å²) in [4.78, 5) is 15.1. The second kappa shape index (κ2) is 10.4. The van der Waals surface area contributed by atoms with Crippen molar-refractivity contribution < 1.29 is 14.3 Å². The number of ether oxygens (including phenoxy) is 2. The van der Waals surface area contributed by atoms with E-state index in [0.717, 1.165) is 42.1 Å². The number of urea groups is 1. The third kappa shape index (κ3) is 5.46. The number of carbonyl (C=O) groups excluding carboxylic acids is 1. The van der Waals surface area contributed by atoms with E-state index in [1.807, 2.05) is 37.3 Å². The Kier molecular flexibility index (Phi) is 7.15. The summed E-state index contributed by atoms with van der Waals surface area (Å²) >= 11 is 0. The maximum Gasteiger partial charge on any atom is 0.319 e. The Bertz CT molecular complexity index is 1080. The number of rotatable bonds is 7. The quantitative estimate of drug-likeness (QED) is 0.541. The molecule has 1 aliphatic heterocycles. The van der Waals surface area contributed by atoms with Gasteiger partial charge in [-0.1, -0.05) is 48.0 Å². The van der Waals surface area contributed by atoms with Crippen LogP contribution in [0.25, 0.3) is 0 Å². The number of aryl methyl sites for hydroxylation is 1. The lowest BCUT2D eigenvalue weighted by Gasteiger charge is -2.38. The molecule has 33 heavy (non-hydrogen) atoms. The van der Waals surface area contributed by atoms with Crippen molar-refractivity contribution in [1.29, 1.82) is 0 Å². The molecule has 3 aromatic carbocycles. The fourth-order valence-electron chi connectivity index (χ4n) is 4.33. The van der Waals surface area contributed by atoms with E-state index in [4.69, 9.17) is 9.47 Å². The zero-order valence-electron chi connectivity index (χ0n) is 19.4. The molecule has 4 rings (SSSR count). The van der Waals surface area contributed by atoms with Crippen molar-refractivity contribution in [2.75, 3.05) is 32.6 Å². The van der Waals surface area contributed by atoms with Crippen LogP contribution in [0.4, 0.5) is 10.5 Å². The number of anilines is 1. The standard InChI is InChI=1S/C27H31N3O3/c1-19-9-11-22(12-10-19)29-27(31)28-17-24-23-16-26(33-3)25(32-2)15-21(23)13-14-30(24)18-20-7-5-4-6-8-20/h4-12,15-16,24H,13-14,17-18H2,1-3H3,(H2,28,29,31)/t24-/m1/s1. The van der Waals surface area contributed by atoms with E-state index >= 15 is 0 Å². The highest BCUT2D eigenvalue weighted by Gasteiger charge is 2.29. The molecule has 0 saturated heterocycles. The van der Waals surface area contributed by atoms with E-state index in [2.05, 4.69) is 51.9 Å². The van der Waals surface area contributed by atoms with E-state index in [1.165, 1.54) is 11.1 Å². The minimum Gasteiger partial charge on any atom is -0.493 e. The highest BCUT2D eigenvalue weighted by atomic mass is 16.5. The summed E-state index contributed by atoms with van der Waals surface area (Å²) < 4.78 is 11.1. The number of carbonyl (C=O) groups is 1. The summed E-state index contributed by atoms with van der Waals surface area (Å²) in [6.07, 6.45) is 0.911. The van der Waals surface area contributed by atoms with E-state index in [-0.39, 0.29) is 12.1 Å². The molecule has 2 N–H and O–H groups in total. The van der Waals surface area contributed by atoms with Crippen molar-refractivity contribution in [2.24, 2.45) is 0 Å². The van der Waals surface area contributed by atoms with Crippen LogP contribution in [-0.4, -0.2) is 38.2 Å². The molecule has 2 amide bonds. The lowest BCUT2D eigenvalue weighted by Crippen LogP contribution is -2.42. The number of nitrogens with zero attached hydrogens (tertiary/aromatic N) is 1. The first-order valence-electron chi connectivity index (χ1n) is 11.2. The minimum atomic E-state index is -0.217. The highest BCUT2D eigenvalue weighted by Crippen LogP contribution is 2.38. The van der Waals surface area contributed by atoms with Gasteiger partial charge in [0.2, 0.25) is 0 Å². The number of benzene rings is 3. The first-order chi connectivity index (χ1) is 16.1. The number of hydrogen-bond donors (Lipinski definition) is 2. The molecule has 3 aromatic rings. The molecule has 0 radical (unpaired) electrons. The number of nitrogens with one attached hydrogen (secondary N) is 2. The second-order valence-electron chi connectivity index (χ2n) is 8.33. The molecule has 0 unspecified atom stereocenters. The predicted molar refractivity (Wildman–Crippen MR) is 131 cm³/mol. The number of methoxy groups -OCH3 is 2. The molecule has 1 aliphatic rings. The smallest absolute Gasteiger partial charge is 0.319 e. The average Bonchev–Trinajstić information content (AvgIpc) is 2.84. The molecule has 0 bridgehead atoms. The van der Waals surface area contributed by atoms with Crippen LogP contribution in [0.5, 0.6) is 11.5 Å². The topological polar surface area (TPSA) is 62.8 Å². The van der Waals surface area contributed by atoms with Crippen LogP contribution in [0.1, 0.15) is 28.3 Å². The molecule has 172 valence electrons. The van der Waals surface area contributed by atoms with Gasteiger partial charge in [-0.2, -0.15) is 0 Å². The van der Waals surface area contributed by atoms with Crippen LogP contribution in [-0.2, 0) is 13.0 Å². The van der Waals surface area contributed by atoms with Gasteiger partial charge in [-0.05, 0) is 54.3 Å². The molecule has 0 spiro atoms. The fraction of sp³-hybridized carbons (Fsp3) is 0.296. The van der Waals surface area contributed by atoms with Gasteiger partial charge in [0, 0.05) is 25.3 Å². The molecule has 6 heteroatoms. The fourth-order valence-corrected chi connectivity index (χ4v) is 4.33. The van der Waals surface area contributed by atoms with Gasteiger partial charge in [0.15, 0.2) is 11.5 Å². The van der Waals surface area contributed by atoms with Gasteiger partial charge in [0.1, 0.15) is 0 Å². The Hall–Kier alpha value is -3.51. The second-order valence-corrected chi connectivity index (χ2v) is 8.33. The first kappa shape index (κ1) is 22.7. The van der Waals surface area contributed by atoms with Crippen LogP contribution in [0.15, 0.2) is 66.7 Å². The summed E-state index contributed by atoms with van der Waals surface area (Å²) in [5, 5.41) is 6.00. The van der Waals surface area contributed by atoms with Crippen LogP contribution >= 0.6 is 0 Å². The number of fused-ring (bicyclic) bond motifs is 1. The summed E-state index contributed by atoms with van der Waals surface area (Å²) in [6.45, 7) is 4.20. The van der Waals surface area contributed by atoms with Gasteiger partial charge in [-0.3, -0.25) is 4.90 Å². The van der Waals surface area contributed by atoms with Crippen molar-refractivity contribution >= 4 is 11.7 Å². The Morgan fingerprint density at radius 3 is 2.39 bits per heavy atom. The Labute approximate surface area is 195 Å². The molecule has 0 aromatic heterocycles. The van der Waals surface area contributed by atoms with Gasteiger partial charge < -0.3 is 20.1 Å². The van der Waals surface area contributed by atoms with Crippen molar-refractivity contribution in [3.8, 4) is 11.5 Å². The highest BCUT2D eigenvalue weighted by molar-refractivity contribution is 5.89. The third-order valence-corrected chi connectivity index (χ3v) is 6.11.